The van der Waals surface area contributed by atoms with Gasteiger partial charge in [-0.05, 0) is 52.9 Å². The first-order chi connectivity index (χ1) is 13.8. The van der Waals surface area contributed by atoms with Crippen molar-refractivity contribution in [3.8, 4) is 39.7 Å². The van der Waals surface area contributed by atoms with Crippen LogP contribution in [-0.2, 0) is 5.41 Å². The zero-order valence-electron chi connectivity index (χ0n) is 16.5. The molecule has 0 aliphatic rings. The Balaban J connectivity index is 1.86. The highest BCUT2D eigenvalue weighted by atomic mass is 19.1. The Morgan fingerprint density at radius 2 is 1.52 bits per heavy atom. The number of phenolic OH excluding ortho intramolecular Hbond substituents is 1. The molecular formula is C24H21FN2O2. The van der Waals surface area contributed by atoms with Crippen molar-refractivity contribution in [2.45, 2.75) is 26.2 Å². The molecule has 0 aliphatic heterocycles. The van der Waals surface area contributed by atoms with Crippen LogP contribution in [0, 0.1) is 5.82 Å². The van der Waals surface area contributed by atoms with Crippen LogP contribution in [0.3, 0.4) is 0 Å². The highest BCUT2D eigenvalue weighted by molar-refractivity contribution is 5.81. The van der Waals surface area contributed by atoms with Crippen LogP contribution in [0.4, 0.5) is 4.39 Å². The maximum absolute atomic E-state index is 13.2. The highest BCUT2D eigenvalue weighted by Gasteiger charge is 2.23. The fourth-order valence-electron chi connectivity index (χ4n) is 3.12. The molecule has 1 heterocycles. The van der Waals surface area contributed by atoms with Crippen LogP contribution in [0.25, 0.3) is 34.0 Å². The van der Waals surface area contributed by atoms with E-state index in [1.54, 1.807) is 12.1 Å². The molecular weight excluding hydrogens is 367 g/mol. The Morgan fingerprint density at radius 1 is 0.862 bits per heavy atom. The van der Waals surface area contributed by atoms with E-state index in [2.05, 4.69) is 30.9 Å². The molecule has 1 N–H and O–H groups in total. The molecule has 0 saturated heterocycles. The van der Waals surface area contributed by atoms with E-state index in [1.807, 2.05) is 42.5 Å². The monoisotopic (exact) mass is 388 g/mol. The second-order valence-corrected chi connectivity index (χ2v) is 7.97. The number of aromatic nitrogens is 2. The van der Waals surface area contributed by atoms with E-state index in [1.165, 1.54) is 12.1 Å². The molecule has 0 bridgehead atoms. The van der Waals surface area contributed by atoms with Crippen molar-refractivity contribution < 1.29 is 14.0 Å². The number of phenols is 1. The minimum atomic E-state index is -0.333. The molecule has 0 spiro atoms. The summed E-state index contributed by atoms with van der Waals surface area (Å²) in [5.74, 6) is 0.297. The van der Waals surface area contributed by atoms with E-state index in [-0.39, 0.29) is 22.9 Å². The van der Waals surface area contributed by atoms with E-state index in [9.17, 15) is 9.50 Å². The summed E-state index contributed by atoms with van der Waals surface area (Å²) < 4.78 is 18.6. The molecule has 4 aromatic rings. The van der Waals surface area contributed by atoms with Crippen molar-refractivity contribution in [3.05, 3.63) is 78.1 Å². The van der Waals surface area contributed by atoms with Gasteiger partial charge in [0, 0.05) is 11.1 Å². The summed E-state index contributed by atoms with van der Waals surface area (Å²) in [5.41, 5.74) is 3.59. The van der Waals surface area contributed by atoms with Gasteiger partial charge in [-0.2, -0.15) is 4.98 Å². The van der Waals surface area contributed by atoms with Crippen LogP contribution in [0.5, 0.6) is 5.75 Å². The zero-order chi connectivity index (χ0) is 20.6. The maximum Gasteiger partial charge on any atom is 0.262 e. The third-order valence-corrected chi connectivity index (χ3v) is 4.82. The Labute approximate surface area is 168 Å². The predicted molar refractivity (Wildman–Crippen MR) is 111 cm³/mol. The number of nitrogens with zero attached hydrogens (tertiary/aromatic N) is 2. The van der Waals surface area contributed by atoms with Crippen LogP contribution < -0.4 is 0 Å². The molecule has 0 atom stereocenters. The summed E-state index contributed by atoms with van der Waals surface area (Å²) in [6.07, 6.45) is 0. The Bertz CT molecular complexity index is 1140. The number of aromatic hydroxyl groups is 1. The Morgan fingerprint density at radius 3 is 2.17 bits per heavy atom. The minimum absolute atomic E-state index is 0.0820. The third-order valence-electron chi connectivity index (χ3n) is 4.82. The van der Waals surface area contributed by atoms with Gasteiger partial charge in [-0.1, -0.05) is 56.3 Å². The molecule has 146 valence electrons. The van der Waals surface area contributed by atoms with Crippen molar-refractivity contribution in [1.82, 2.24) is 10.1 Å². The summed E-state index contributed by atoms with van der Waals surface area (Å²) in [6, 6.07) is 19.4. The van der Waals surface area contributed by atoms with Gasteiger partial charge in [-0.25, -0.2) is 4.39 Å². The average molecular weight is 388 g/mol. The van der Waals surface area contributed by atoms with Crippen LogP contribution in [0.15, 0.2) is 71.3 Å². The molecule has 5 heteroatoms. The van der Waals surface area contributed by atoms with Crippen LogP contribution >= 0.6 is 0 Å². The molecule has 4 nitrogen and oxygen atoms in total. The number of hydrogen-bond donors (Lipinski definition) is 1. The summed E-state index contributed by atoms with van der Waals surface area (Å²) in [4.78, 5) is 4.44. The van der Waals surface area contributed by atoms with Crippen molar-refractivity contribution in [2.75, 3.05) is 0 Å². The average Bonchev–Trinajstić information content (AvgIpc) is 3.18. The first-order valence-electron chi connectivity index (χ1n) is 9.36. The Hall–Kier alpha value is -3.47. The lowest BCUT2D eigenvalue weighted by Crippen LogP contribution is -2.11. The van der Waals surface area contributed by atoms with Gasteiger partial charge in [0.15, 0.2) is 0 Å². The van der Waals surface area contributed by atoms with Gasteiger partial charge in [0.1, 0.15) is 11.6 Å². The molecule has 29 heavy (non-hydrogen) atoms. The van der Waals surface area contributed by atoms with Gasteiger partial charge in [0.05, 0.1) is 5.56 Å². The first kappa shape index (κ1) is 18.9. The molecule has 1 aromatic heterocycles. The molecule has 0 fully saturated rings. The minimum Gasteiger partial charge on any atom is -0.506 e. The van der Waals surface area contributed by atoms with Gasteiger partial charge in [-0.3, -0.25) is 0 Å². The number of halogens is 1. The van der Waals surface area contributed by atoms with E-state index in [0.717, 1.165) is 11.1 Å². The van der Waals surface area contributed by atoms with E-state index in [0.29, 0.717) is 22.5 Å². The van der Waals surface area contributed by atoms with E-state index >= 15 is 0 Å². The lowest BCUT2D eigenvalue weighted by Gasteiger charge is -2.22. The predicted octanol–water partition coefficient (Wildman–Crippen LogP) is 6.21. The number of rotatable bonds is 3. The SMILES string of the molecule is CC(C)(C)c1cc(-c2ccccc2)c(O)c(-c2nc(-c3ccc(F)cc3)no2)c1. The van der Waals surface area contributed by atoms with Crippen molar-refractivity contribution in [3.63, 3.8) is 0 Å². The van der Waals surface area contributed by atoms with E-state index in [4.69, 9.17) is 4.52 Å². The first-order valence-corrected chi connectivity index (χ1v) is 9.36. The van der Waals surface area contributed by atoms with E-state index < -0.39 is 0 Å². The second kappa shape index (κ2) is 7.17. The standard InChI is InChI=1S/C24H21FN2O2/c1-24(2,3)17-13-19(15-7-5-4-6-8-15)21(28)20(14-17)23-26-22(27-29-23)16-9-11-18(25)12-10-16/h4-14,28H,1-3H3. The molecule has 0 amide bonds. The molecule has 3 aromatic carbocycles. The third kappa shape index (κ3) is 3.76. The largest absolute Gasteiger partial charge is 0.506 e. The lowest BCUT2D eigenvalue weighted by atomic mass is 9.83. The maximum atomic E-state index is 13.2. The zero-order valence-corrected chi connectivity index (χ0v) is 16.5. The summed E-state index contributed by atoms with van der Waals surface area (Å²) in [5, 5.41) is 15.0. The van der Waals surface area contributed by atoms with Crippen molar-refractivity contribution >= 4 is 0 Å². The van der Waals surface area contributed by atoms with Crippen LogP contribution in [-0.4, -0.2) is 15.2 Å². The summed E-state index contributed by atoms with van der Waals surface area (Å²) >= 11 is 0. The number of benzene rings is 3. The second-order valence-electron chi connectivity index (χ2n) is 7.97. The van der Waals surface area contributed by atoms with Gasteiger partial charge >= 0.3 is 0 Å². The van der Waals surface area contributed by atoms with Gasteiger partial charge < -0.3 is 9.63 Å². The quantitative estimate of drug-likeness (QED) is 0.453. The van der Waals surface area contributed by atoms with Gasteiger partial charge in [-0.15, -0.1) is 0 Å². The van der Waals surface area contributed by atoms with Crippen molar-refractivity contribution in [2.24, 2.45) is 0 Å². The molecule has 0 radical (unpaired) electrons. The molecule has 0 saturated carbocycles. The summed E-state index contributed by atoms with van der Waals surface area (Å²) in [7, 11) is 0. The molecule has 4 rings (SSSR count). The normalized spacial score (nSPS) is 11.6. The summed E-state index contributed by atoms with van der Waals surface area (Å²) in [6.45, 7) is 6.32. The number of hydrogen-bond acceptors (Lipinski definition) is 4. The fraction of sp³-hybridized carbons (Fsp3) is 0.167. The lowest BCUT2D eigenvalue weighted by molar-refractivity contribution is 0.425. The topological polar surface area (TPSA) is 59.2 Å². The van der Waals surface area contributed by atoms with Gasteiger partial charge in [0.2, 0.25) is 5.82 Å². The Kier molecular flexibility index (Phi) is 4.66. The van der Waals surface area contributed by atoms with Crippen LogP contribution in [0.1, 0.15) is 26.3 Å². The molecule has 0 unspecified atom stereocenters. The van der Waals surface area contributed by atoms with Gasteiger partial charge in [0.25, 0.3) is 5.89 Å². The fourth-order valence-corrected chi connectivity index (χ4v) is 3.12. The molecule has 0 aliphatic carbocycles. The highest BCUT2D eigenvalue weighted by Crippen LogP contribution is 2.41. The smallest absolute Gasteiger partial charge is 0.262 e. The van der Waals surface area contributed by atoms with Crippen molar-refractivity contribution in [1.29, 1.82) is 0 Å². The van der Waals surface area contributed by atoms with Crippen LogP contribution in [0.2, 0.25) is 0 Å².